The van der Waals surface area contributed by atoms with Gasteiger partial charge in [-0.25, -0.2) is 4.99 Å². The standard InChI is InChI=1S/C9H9N3O/c10-12-9(11-6-7-13)8-4-2-1-3-5-8/h1-7H,10H2/b11-6?,12-9+. The van der Waals surface area contributed by atoms with Gasteiger partial charge in [-0.05, 0) is 0 Å². The molecule has 0 unspecified atom stereocenters. The summed E-state index contributed by atoms with van der Waals surface area (Å²) in [5.74, 6) is 5.44. The van der Waals surface area contributed by atoms with Crippen molar-refractivity contribution in [3.63, 3.8) is 0 Å². The van der Waals surface area contributed by atoms with Crippen molar-refractivity contribution in [2.45, 2.75) is 0 Å². The van der Waals surface area contributed by atoms with E-state index in [1.165, 1.54) is 0 Å². The number of hydrogen-bond donors (Lipinski definition) is 1. The molecule has 0 saturated carbocycles. The van der Waals surface area contributed by atoms with E-state index in [0.717, 1.165) is 11.8 Å². The van der Waals surface area contributed by atoms with Gasteiger partial charge in [0.05, 0.1) is 6.21 Å². The number of nitrogens with two attached hydrogens (primary N) is 1. The van der Waals surface area contributed by atoms with E-state index in [9.17, 15) is 4.79 Å². The molecule has 0 spiro atoms. The van der Waals surface area contributed by atoms with Crippen molar-refractivity contribution in [1.29, 1.82) is 0 Å². The topological polar surface area (TPSA) is 67.8 Å². The lowest BCUT2D eigenvalue weighted by molar-refractivity contribution is -0.102. The zero-order valence-corrected chi connectivity index (χ0v) is 6.92. The number of carbonyl (C=O) groups excluding carboxylic acids is 1. The first kappa shape index (κ1) is 9.12. The molecule has 0 amide bonds. The summed E-state index contributed by atoms with van der Waals surface area (Å²) in [6.07, 6.45) is 1.69. The van der Waals surface area contributed by atoms with Gasteiger partial charge in [0.1, 0.15) is 0 Å². The van der Waals surface area contributed by atoms with E-state index in [1.54, 1.807) is 0 Å². The fourth-order valence-electron chi connectivity index (χ4n) is 0.871. The van der Waals surface area contributed by atoms with Crippen LogP contribution in [-0.4, -0.2) is 18.3 Å². The number of aldehydes is 1. The maximum absolute atomic E-state index is 10.0. The molecule has 0 radical (unpaired) electrons. The van der Waals surface area contributed by atoms with Gasteiger partial charge in [-0.3, -0.25) is 4.79 Å². The molecule has 0 heterocycles. The minimum Gasteiger partial charge on any atom is -0.321 e. The summed E-state index contributed by atoms with van der Waals surface area (Å²) in [7, 11) is 0. The quantitative estimate of drug-likeness (QED) is 0.235. The molecule has 1 aromatic carbocycles. The molecule has 4 nitrogen and oxygen atoms in total. The Kier molecular flexibility index (Phi) is 3.38. The van der Waals surface area contributed by atoms with Crippen LogP contribution in [-0.2, 0) is 4.79 Å². The van der Waals surface area contributed by atoms with Crippen LogP contribution in [0, 0.1) is 0 Å². The molecular formula is C9H9N3O. The van der Waals surface area contributed by atoms with Crippen molar-refractivity contribution in [2.75, 3.05) is 0 Å². The molecule has 4 heteroatoms. The first-order valence-corrected chi connectivity index (χ1v) is 3.69. The fourth-order valence-corrected chi connectivity index (χ4v) is 0.871. The molecule has 1 aromatic rings. The van der Waals surface area contributed by atoms with Crippen LogP contribution in [0.3, 0.4) is 0 Å². The van der Waals surface area contributed by atoms with Crippen LogP contribution in [0.25, 0.3) is 0 Å². The third-order valence-corrected chi connectivity index (χ3v) is 1.41. The molecule has 2 N–H and O–H groups in total. The van der Waals surface area contributed by atoms with Crippen LogP contribution >= 0.6 is 0 Å². The van der Waals surface area contributed by atoms with Gasteiger partial charge in [0.15, 0.2) is 12.1 Å². The van der Waals surface area contributed by atoms with E-state index >= 15 is 0 Å². The molecule has 0 aliphatic carbocycles. The molecule has 0 fully saturated rings. The number of amidine groups is 1. The Morgan fingerprint density at radius 2 is 2.00 bits per heavy atom. The van der Waals surface area contributed by atoms with Crippen LogP contribution in [0.1, 0.15) is 5.56 Å². The van der Waals surface area contributed by atoms with E-state index in [-0.39, 0.29) is 0 Å². The van der Waals surface area contributed by atoms with E-state index in [1.807, 2.05) is 30.3 Å². The van der Waals surface area contributed by atoms with Gasteiger partial charge in [-0.15, -0.1) is 0 Å². The first-order valence-electron chi connectivity index (χ1n) is 3.69. The number of carbonyl (C=O) groups is 1. The highest BCUT2D eigenvalue weighted by Gasteiger charge is 1.97. The number of nitrogens with zero attached hydrogens (tertiary/aromatic N) is 2. The average Bonchev–Trinajstić information content (AvgIpc) is 2.21. The third kappa shape index (κ3) is 2.52. The molecule has 0 atom stereocenters. The highest BCUT2D eigenvalue weighted by Crippen LogP contribution is 2.00. The molecular weight excluding hydrogens is 166 g/mol. The van der Waals surface area contributed by atoms with E-state index in [4.69, 9.17) is 5.84 Å². The van der Waals surface area contributed by atoms with E-state index < -0.39 is 0 Å². The van der Waals surface area contributed by atoms with Crippen molar-refractivity contribution in [1.82, 2.24) is 0 Å². The molecule has 0 aliphatic heterocycles. The summed E-state index contributed by atoms with van der Waals surface area (Å²) >= 11 is 0. The summed E-state index contributed by atoms with van der Waals surface area (Å²) in [6.45, 7) is 0. The Morgan fingerprint density at radius 1 is 1.31 bits per heavy atom. The number of rotatable bonds is 2. The molecule has 0 saturated heterocycles. The Morgan fingerprint density at radius 3 is 2.54 bits per heavy atom. The lowest BCUT2D eigenvalue weighted by Crippen LogP contribution is -2.01. The van der Waals surface area contributed by atoms with Gasteiger partial charge >= 0.3 is 0 Å². The SMILES string of the molecule is N/N=C(/N=CC=O)c1ccccc1. The first-order chi connectivity index (χ1) is 6.38. The van der Waals surface area contributed by atoms with Gasteiger partial charge in [0, 0.05) is 5.56 Å². The third-order valence-electron chi connectivity index (χ3n) is 1.41. The second-order valence-electron chi connectivity index (χ2n) is 2.23. The largest absolute Gasteiger partial charge is 0.321 e. The summed E-state index contributed by atoms with van der Waals surface area (Å²) < 4.78 is 0. The molecule has 0 aliphatic rings. The fraction of sp³-hybridized carbons (Fsp3) is 0. The lowest BCUT2D eigenvalue weighted by Gasteiger charge is -1.96. The summed E-state index contributed by atoms with van der Waals surface area (Å²) in [6, 6.07) is 9.19. The Bertz CT molecular complexity index is 330. The van der Waals surface area contributed by atoms with Gasteiger partial charge in [-0.1, -0.05) is 30.3 Å². The smallest absolute Gasteiger partial charge is 0.178 e. The monoisotopic (exact) mass is 175 g/mol. The number of hydrogen-bond acceptors (Lipinski definition) is 3. The average molecular weight is 175 g/mol. The van der Waals surface area contributed by atoms with Crippen LogP contribution in [0.5, 0.6) is 0 Å². The van der Waals surface area contributed by atoms with Crippen molar-refractivity contribution in [3.05, 3.63) is 35.9 Å². The zero-order chi connectivity index (χ0) is 9.52. The van der Waals surface area contributed by atoms with E-state index in [2.05, 4.69) is 10.1 Å². The summed E-state index contributed by atoms with van der Waals surface area (Å²) in [4.78, 5) is 13.8. The second kappa shape index (κ2) is 4.82. The van der Waals surface area contributed by atoms with Crippen LogP contribution in [0.15, 0.2) is 40.4 Å². The second-order valence-corrected chi connectivity index (χ2v) is 2.23. The predicted octanol–water partition coefficient (Wildman–Crippen LogP) is 0.577. The molecule has 66 valence electrons. The minimum atomic E-state index is 0.340. The van der Waals surface area contributed by atoms with Crippen LogP contribution in [0.4, 0.5) is 0 Å². The summed E-state index contributed by atoms with van der Waals surface area (Å²) in [5.41, 5.74) is 0.781. The Hall–Kier alpha value is -1.97. The number of benzene rings is 1. The van der Waals surface area contributed by atoms with Crippen LogP contribution in [0.2, 0.25) is 0 Å². The minimum absolute atomic E-state index is 0.340. The lowest BCUT2D eigenvalue weighted by atomic mass is 10.2. The van der Waals surface area contributed by atoms with Crippen molar-refractivity contribution < 1.29 is 4.79 Å². The predicted molar refractivity (Wildman–Crippen MR) is 51.7 cm³/mol. The zero-order valence-electron chi connectivity index (χ0n) is 6.92. The Balaban J connectivity index is 2.92. The van der Waals surface area contributed by atoms with Crippen molar-refractivity contribution in [3.8, 4) is 0 Å². The van der Waals surface area contributed by atoms with E-state index in [0.29, 0.717) is 12.1 Å². The van der Waals surface area contributed by atoms with Crippen molar-refractivity contribution in [2.24, 2.45) is 15.9 Å². The molecule has 13 heavy (non-hydrogen) atoms. The van der Waals surface area contributed by atoms with Crippen molar-refractivity contribution >= 4 is 18.3 Å². The van der Waals surface area contributed by atoms with Gasteiger partial charge < -0.3 is 5.84 Å². The highest BCUT2D eigenvalue weighted by molar-refractivity contribution is 6.18. The molecule has 0 aromatic heterocycles. The van der Waals surface area contributed by atoms with Gasteiger partial charge in [0.25, 0.3) is 0 Å². The van der Waals surface area contributed by atoms with Gasteiger partial charge in [-0.2, -0.15) is 5.10 Å². The highest BCUT2D eigenvalue weighted by atomic mass is 16.1. The van der Waals surface area contributed by atoms with Gasteiger partial charge in [0.2, 0.25) is 0 Å². The molecule has 0 bridgehead atoms. The number of aliphatic imine (C=N–C) groups is 1. The maximum atomic E-state index is 10.0. The summed E-state index contributed by atoms with van der Waals surface area (Å²) in [5, 5.41) is 3.46. The normalized spacial score (nSPS) is 11.8. The van der Waals surface area contributed by atoms with Crippen LogP contribution < -0.4 is 5.84 Å². The Labute approximate surface area is 75.8 Å². The molecule has 1 rings (SSSR count). The number of hydrazone groups is 1. The maximum Gasteiger partial charge on any atom is 0.178 e.